The maximum absolute atomic E-state index is 12.0. The molecule has 0 radical (unpaired) electrons. The predicted molar refractivity (Wildman–Crippen MR) is 121 cm³/mol. The molecule has 144 valence electrons. The van der Waals surface area contributed by atoms with E-state index in [0.29, 0.717) is 26.5 Å². The van der Waals surface area contributed by atoms with Gasteiger partial charge in [0.15, 0.2) is 5.11 Å². The molecule has 28 heavy (non-hydrogen) atoms. The van der Waals surface area contributed by atoms with Crippen molar-refractivity contribution >= 4 is 69.2 Å². The van der Waals surface area contributed by atoms with E-state index in [1.807, 2.05) is 25.1 Å². The Balaban J connectivity index is 1.56. The van der Waals surface area contributed by atoms with E-state index in [-0.39, 0.29) is 11.9 Å². The lowest BCUT2D eigenvalue weighted by molar-refractivity contribution is 0.102. The van der Waals surface area contributed by atoms with Crippen LogP contribution in [0.1, 0.15) is 29.0 Å². The Labute approximate surface area is 182 Å². The highest BCUT2D eigenvalue weighted by Gasteiger charge is 2.12. The van der Waals surface area contributed by atoms with Gasteiger partial charge in [-0.2, -0.15) is 0 Å². The van der Waals surface area contributed by atoms with Gasteiger partial charge in [-0.05, 0) is 61.1 Å². The highest BCUT2D eigenvalue weighted by atomic mass is 35.5. The second-order valence-corrected chi connectivity index (χ2v) is 7.86. The Hall–Kier alpha value is -2.19. The molecule has 0 fully saturated rings. The number of hydrogen-bond donors (Lipinski definition) is 3. The predicted octanol–water partition coefficient (Wildman–Crippen LogP) is 5.75. The van der Waals surface area contributed by atoms with Gasteiger partial charge in [-0.15, -0.1) is 11.3 Å². The van der Waals surface area contributed by atoms with Crippen LogP contribution < -0.4 is 16.0 Å². The van der Waals surface area contributed by atoms with Crippen LogP contribution in [0.3, 0.4) is 0 Å². The number of hydrogen-bond acceptors (Lipinski definition) is 4. The maximum Gasteiger partial charge on any atom is 0.275 e. The number of amides is 1. The van der Waals surface area contributed by atoms with Crippen molar-refractivity contribution in [3.63, 3.8) is 0 Å². The number of nitrogens with zero attached hydrogens (tertiary/aromatic N) is 1. The van der Waals surface area contributed by atoms with E-state index < -0.39 is 0 Å². The van der Waals surface area contributed by atoms with Crippen LogP contribution in [-0.2, 0) is 0 Å². The van der Waals surface area contributed by atoms with Crippen LogP contribution >= 0.6 is 46.8 Å². The molecule has 3 aromatic rings. The zero-order valence-corrected chi connectivity index (χ0v) is 17.8. The van der Waals surface area contributed by atoms with E-state index in [4.69, 9.17) is 35.4 Å². The maximum atomic E-state index is 12.0. The molecular weight excluding hydrogens is 435 g/mol. The Kier molecular flexibility index (Phi) is 6.85. The first-order valence-electron chi connectivity index (χ1n) is 8.24. The number of aromatic nitrogens is 1. The Morgan fingerprint density at radius 2 is 1.79 bits per heavy atom. The molecule has 1 heterocycles. The molecule has 1 unspecified atom stereocenters. The summed E-state index contributed by atoms with van der Waals surface area (Å²) < 4.78 is 0. The fraction of sp³-hybridized carbons (Fsp3) is 0.105. The number of carbonyl (C=O) groups is 1. The van der Waals surface area contributed by atoms with Gasteiger partial charge in [0.1, 0.15) is 5.69 Å². The van der Waals surface area contributed by atoms with Crippen molar-refractivity contribution in [3.05, 3.63) is 74.7 Å². The van der Waals surface area contributed by atoms with Gasteiger partial charge >= 0.3 is 0 Å². The number of thiocarbonyl (C=S) groups is 1. The van der Waals surface area contributed by atoms with Gasteiger partial charge in [0.05, 0.1) is 11.6 Å². The van der Waals surface area contributed by atoms with Crippen molar-refractivity contribution in [2.45, 2.75) is 13.0 Å². The van der Waals surface area contributed by atoms with E-state index in [9.17, 15) is 4.79 Å². The van der Waals surface area contributed by atoms with Gasteiger partial charge in [0, 0.05) is 26.8 Å². The van der Waals surface area contributed by atoms with Gasteiger partial charge in [-0.25, -0.2) is 4.98 Å². The highest BCUT2D eigenvalue weighted by Crippen LogP contribution is 2.26. The number of nitrogens with one attached hydrogen (secondary N) is 3. The SMILES string of the molecule is CC(NC(=S)Nc1ccc(NC(=O)c2cscn2)cc1)c1ccc(Cl)cc1Cl. The van der Waals surface area contributed by atoms with Gasteiger partial charge in [0.25, 0.3) is 5.91 Å². The average molecular weight is 451 g/mol. The van der Waals surface area contributed by atoms with Crippen LogP contribution in [0.2, 0.25) is 10.0 Å². The summed E-state index contributed by atoms with van der Waals surface area (Å²) in [7, 11) is 0. The summed E-state index contributed by atoms with van der Waals surface area (Å²) in [6.07, 6.45) is 0. The Morgan fingerprint density at radius 3 is 2.39 bits per heavy atom. The first-order valence-corrected chi connectivity index (χ1v) is 10.3. The molecule has 1 atom stereocenters. The molecule has 3 rings (SSSR count). The summed E-state index contributed by atoms with van der Waals surface area (Å²) in [5, 5.41) is 12.4. The lowest BCUT2D eigenvalue weighted by Gasteiger charge is -2.18. The quantitative estimate of drug-likeness (QED) is 0.431. The largest absolute Gasteiger partial charge is 0.356 e. The summed E-state index contributed by atoms with van der Waals surface area (Å²) in [4.78, 5) is 16.0. The van der Waals surface area contributed by atoms with E-state index in [1.165, 1.54) is 11.3 Å². The number of anilines is 2. The smallest absolute Gasteiger partial charge is 0.275 e. The molecular formula is C19H16Cl2N4OS2. The van der Waals surface area contributed by atoms with Crippen molar-refractivity contribution in [2.75, 3.05) is 10.6 Å². The number of halogens is 2. The molecule has 0 aliphatic heterocycles. The van der Waals surface area contributed by atoms with E-state index in [1.54, 1.807) is 35.2 Å². The molecule has 0 spiro atoms. The van der Waals surface area contributed by atoms with Crippen molar-refractivity contribution in [3.8, 4) is 0 Å². The van der Waals surface area contributed by atoms with Crippen LogP contribution in [0.5, 0.6) is 0 Å². The van der Waals surface area contributed by atoms with Crippen LogP contribution in [0.15, 0.2) is 53.4 Å². The molecule has 0 saturated carbocycles. The van der Waals surface area contributed by atoms with Gasteiger partial charge < -0.3 is 16.0 Å². The minimum Gasteiger partial charge on any atom is -0.356 e. The van der Waals surface area contributed by atoms with Crippen LogP contribution in [-0.4, -0.2) is 16.0 Å². The number of carbonyl (C=O) groups excluding carboxylic acids is 1. The summed E-state index contributed by atoms with van der Waals surface area (Å²) in [5.41, 5.74) is 4.37. The number of thiazole rings is 1. The topological polar surface area (TPSA) is 66.0 Å². The zero-order valence-electron chi connectivity index (χ0n) is 14.7. The molecule has 0 aliphatic carbocycles. The van der Waals surface area contributed by atoms with Crippen LogP contribution in [0.4, 0.5) is 11.4 Å². The number of rotatable bonds is 5. The Bertz CT molecular complexity index is 978. The summed E-state index contributed by atoms with van der Waals surface area (Å²) in [6.45, 7) is 1.96. The minimum atomic E-state index is -0.243. The third-order valence-corrected chi connectivity index (χ3v) is 5.21. The zero-order chi connectivity index (χ0) is 20.1. The Morgan fingerprint density at radius 1 is 1.11 bits per heavy atom. The molecule has 0 aliphatic rings. The molecule has 2 aromatic carbocycles. The van der Waals surface area contributed by atoms with Crippen LogP contribution in [0.25, 0.3) is 0 Å². The van der Waals surface area contributed by atoms with Gasteiger partial charge in [-0.1, -0.05) is 29.3 Å². The lowest BCUT2D eigenvalue weighted by Crippen LogP contribution is -2.31. The standard InChI is InChI=1S/C19H16Cl2N4OS2/c1-11(15-7-2-12(20)8-16(15)21)23-19(27)25-14-5-3-13(4-6-14)24-18(26)17-9-28-10-22-17/h2-11H,1H3,(H,24,26)(H2,23,25,27). The van der Waals surface area contributed by atoms with E-state index >= 15 is 0 Å². The minimum absolute atomic E-state index is 0.0959. The third-order valence-electron chi connectivity index (χ3n) is 3.84. The van der Waals surface area contributed by atoms with Crippen molar-refractivity contribution in [1.29, 1.82) is 0 Å². The summed E-state index contributed by atoms with van der Waals surface area (Å²) in [5.74, 6) is -0.243. The molecule has 0 saturated heterocycles. The fourth-order valence-electron chi connectivity index (χ4n) is 2.45. The van der Waals surface area contributed by atoms with Crippen molar-refractivity contribution < 1.29 is 4.79 Å². The van der Waals surface area contributed by atoms with Crippen molar-refractivity contribution in [1.82, 2.24) is 10.3 Å². The second-order valence-electron chi connectivity index (χ2n) is 5.89. The highest BCUT2D eigenvalue weighted by molar-refractivity contribution is 7.80. The third kappa shape index (κ3) is 5.42. The summed E-state index contributed by atoms with van der Waals surface area (Å²) in [6, 6.07) is 12.5. The fourth-order valence-corrected chi connectivity index (χ4v) is 3.85. The van der Waals surface area contributed by atoms with Crippen LogP contribution in [0, 0.1) is 0 Å². The molecule has 3 N–H and O–H groups in total. The molecule has 1 aromatic heterocycles. The number of benzene rings is 2. The summed E-state index contributed by atoms with van der Waals surface area (Å²) >= 11 is 18.9. The monoisotopic (exact) mass is 450 g/mol. The first kappa shape index (κ1) is 20.5. The lowest BCUT2D eigenvalue weighted by atomic mass is 10.1. The first-order chi connectivity index (χ1) is 13.4. The molecule has 9 heteroatoms. The molecule has 5 nitrogen and oxygen atoms in total. The van der Waals surface area contributed by atoms with E-state index in [0.717, 1.165) is 11.3 Å². The molecule has 0 bridgehead atoms. The second kappa shape index (κ2) is 9.34. The molecule has 1 amide bonds. The normalized spacial score (nSPS) is 11.5. The van der Waals surface area contributed by atoms with Gasteiger partial charge in [-0.3, -0.25) is 4.79 Å². The average Bonchev–Trinajstić information content (AvgIpc) is 3.18. The van der Waals surface area contributed by atoms with Gasteiger partial charge in [0.2, 0.25) is 0 Å². The van der Waals surface area contributed by atoms with E-state index in [2.05, 4.69) is 20.9 Å². The van der Waals surface area contributed by atoms with Crippen molar-refractivity contribution in [2.24, 2.45) is 0 Å².